The highest BCUT2D eigenvalue weighted by Gasteiger charge is 2.35. The molecule has 2 aromatic heterocycles. The van der Waals surface area contributed by atoms with Crippen LogP contribution >= 0.6 is 0 Å². The zero-order valence-electron chi connectivity index (χ0n) is 18.4. The minimum atomic E-state index is -0.359. The summed E-state index contributed by atoms with van der Waals surface area (Å²) in [5.41, 5.74) is 3.60. The lowest BCUT2D eigenvalue weighted by molar-refractivity contribution is -0.605. The largest absolute Gasteiger partial charge is 0.619 e. The van der Waals surface area contributed by atoms with Crippen LogP contribution in [-0.4, -0.2) is 5.78 Å². The third-order valence-corrected chi connectivity index (χ3v) is 5.12. The molecule has 0 radical (unpaired) electrons. The van der Waals surface area contributed by atoms with Gasteiger partial charge in [-0.3, -0.25) is 4.79 Å². The molecule has 0 aromatic carbocycles. The van der Waals surface area contributed by atoms with E-state index >= 15 is 0 Å². The van der Waals surface area contributed by atoms with Crippen LogP contribution < -0.4 is 9.46 Å². The molecule has 0 spiro atoms. The van der Waals surface area contributed by atoms with Gasteiger partial charge in [-0.25, -0.2) is 0 Å². The zero-order chi connectivity index (χ0) is 22.3. The molecular formula is C25H28N2O3. The summed E-state index contributed by atoms with van der Waals surface area (Å²) in [6.07, 6.45) is 9.60. The van der Waals surface area contributed by atoms with Crippen molar-refractivity contribution < 1.29 is 14.3 Å². The molecule has 2 aromatic rings. The fraction of sp³-hybridized carbons (Fsp3) is 0.320. The van der Waals surface area contributed by atoms with Gasteiger partial charge in [-0.1, -0.05) is 41.5 Å². The molecule has 0 atom stereocenters. The number of carbonyl (C=O) groups excluding carboxylic acids is 1. The Morgan fingerprint density at radius 1 is 0.767 bits per heavy atom. The SMILES string of the molecule is CC(C)(C)C1=CC(=C(c2ccc[n+]([O-])c2)c2ccc[n+]([O-])c2)C=C(C(C)(C)C)C1=O. The second-order valence-corrected chi connectivity index (χ2v) is 9.68. The number of nitrogens with zero attached hydrogens (tertiary/aromatic N) is 2. The summed E-state index contributed by atoms with van der Waals surface area (Å²) in [4.78, 5) is 13.3. The van der Waals surface area contributed by atoms with Crippen molar-refractivity contribution in [2.24, 2.45) is 10.8 Å². The van der Waals surface area contributed by atoms with Crippen LogP contribution in [0.2, 0.25) is 0 Å². The molecule has 1 aliphatic rings. The lowest BCUT2D eigenvalue weighted by Gasteiger charge is -2.32. The fourth-order valence-electron chi connectivity index (χ4n) is 3.59. The Bertz CT molecular complexity index is 1010. The predicted octanol–water partition coefficient (Wildman–Crippen LogP) is 4.28. The summed E-state index contributed by atoms with van der Waals surface area (Å²) in [6, 6.07) is 7.02. The van der Waals surface area contributed by atoms with Crippen LogP contribution in [0.25, 0.3) is 5.57 Å². The van der Waals surface area contributed by atoms with Crippen molar-refractivity contribution in [1.82, 2.24) is 0 Å². The molecule has 0 saturated carbocycles. The van der Waals surface area contributed by atoms with Crippen LogP contribution in [0.3, 0.4) is 0 Å². The lowest BCUT2D eigenvalue weighted by Crippen LogP contribution is -2.29. The first-order chi connectivity index (χ1) is 13.9. The average molecular weight is 405 g/mol. The fourth-order valence-corrected chi connectivity index (χ4v) is 3.59. The summed E-state index contributed by atoms with van der Waals surface area (Å²) in [6.45, 7) is 12.1. The quantitative estimate of drug-likeness (QED) is 0.554. The first-order valence-corrected chi connectivity index (χ1v) is 9.99. The standard InChI is InChI=1S/C25H28N2O3/c1-24(2,3)20-13-19(14-21(23(20)28)25(4,5)6)22(17-9-7-11-26(29)15-17)18-10-8-12-27(30)16-18/h7-16H,1-6H3. The van der Waals surface area contributed by atoms with Crippen molar-refractivity contribution in [3.63, 3.8) is 0 Å². The molecule has 0 saturated heterocycles. The molecule has 0 unspecified atom stereocenters. The van der Waals surface area contributed by atoms with Crippen molar-refractivity contribution in [3.05, 3.63) is 99.5 Å². The van der Waals surface area contributed by atoms with Crippen molar-refractivity contribution >= 4 is 11.4 Å². The molecule has 1 aliphatic carbocycles. The maximum atomic E-state index is 13.3. The van der Waals surface area contributed by atoms with Gasteiger partial charge in [-0.2, -0.15) is 9.46 Å². The number of pyridine rings is 2. The van der Waals surface area contributed by atoms with Gasteiger partial charge in [0.1, 0.15) is 0 Å². The highest BCUT2D eigenvalue weighted by Crippen LogP contribution is 2.41. The van der Waals surface area contributed by atoms with E-state index in [2.05, 4.69) is 0 Å². The molecule has 156 valence electrons. The Morgan fingerprint density at radius 2 is 1.17 bits per heavy atom. The summed E-state index contributed by atoms with van der Waals surface area (Å²) in [7, 11) is 0. The van der Waals surface area contributed by atoms with E-state index < -0.39 is 0 Å². The minimum Gasteiger partial charge on any atom is -0.619 e. The number of rotatable bonds is 2. The van der Waals surface area contributed by atoms with Crippen LogP contribution in [0, 0.1) is 21.2 Å². The van der Waals surface area contributed by atoms with Gasteiger partial charge in [0.05, 0.1) is 0 Å². The molecular weight excluding hydrogens is 376 g/mol. The molecule has 0 amide bonds. The summed E-state index contributed by atoms with van der Waals surface area (Å²) in [5.74, 6) is 0.0389. The van der Waals surface area contributed by atoms with Gasteiger partial charge >= 0.3 is 0 Å². The van der Waals surface area contributed by atoms with E-state index in [0.717, 1.165) is 20.6 Å². The van der Waals surface area contributed by atoms with E-state index in [4.69, 9.17) is 0 Å². The zero-order valence-corrected chi connectivity index (χ0v) is 18.4. The monoisotopic (exact) mass is 404 g/mol. The van der Waals surface area contributed by atoms with Crippen LogP contribution in [0.4, 0.5) is 0 Å². The number of Topliss-reactive ketones (excluding diaryl/α,β-unsaturated/α-hetero) is 1. The van der Waals surface area contributed by atoms with Crippen molar-refractivity contribution in [2.75, 3.05) is 0 Å². The Balaban J connectivity index is 2.42. The third kappa shape index (κ3) is 4.35. The van der Waals surface area contributed by atoms with Gasteiger partial charge in [0, 0.05) is 40.0 Å². The first kappa shape index (κ1) is 21.5. The molecule has 30 heavy (non-hydrogen) atoms. The van der Waals surface area contributed by atoms with E-state index in [-0.39, 0.29) is 16.6 Å². The maximum absolute atomic E-state index is 13.3. The van der Waals surface area contributed by atoms with Crippen LogP contribution in [0.1, 0.15) is 52.7 Å². The van der Waals surface area contributed by atoms with E-state index in [1.165, 1.54) is 24.8 Å². The molecule has 3 rings (SSSR count). The van der Waals surface area contributed by atoms with Crippen molar-refractivity contribution in [1.29, 1.82) is 0 Å². The number of ketones is 1. The second-order valence-electron chi connectivity index (χ2n) is 9.68. The van der Waals surface area contributed by atoms with E-state index in [9.17, 15) is 15.2 Å². The van der Waals surface area contributed by atoms with E-state index in [1.807, 2.05) is 65.8 Å². The van der Waals surface area contributed by atoms with Crippen LogP contribution in [0.5, 0.6) is 0 Å². The Labute approximate surface area is 177 Å². The average Bonchev–Trinajstić information content (AvgIpc) is 2.61. The predicted molar refractivity (Wildman–Crippen MR) is 117 cm³/mol. The minimum absolute atomic E-state index is 0.0389. The van der Waals surface area contributed by atoms with Gasteiger partial charge < -0.3 is 10.4 Å². The number of hydrogen-bond acceptors (Lipinski definition) is 3. The van der Waals surface area contributed by atoms with Gasteiger partial charge in [0.2, 0.25) is 0 Å². The molecule has 5 nitrogen and oxygen atoms in total. The normalized spacial score (nSPS) is 15.0. The topological polar surface area (TPSA) is 70.9 Å². The highest BCUT2D eigenvalue weighted by molar-refractivity contribution is 6.12. The smallest absolute Gasteiger partial charge is 0.188 e. The van der Waals surface area contributed by atoms with Crippen LogP contribution in [-0.2, 0) is 4.79 Å². The second kappa shape index (κ2) is 7.56. The van der Waals surface area contributed by atoms with Gasteiger partial charge in [0.15, 0.2) is 30.6 Å². The molecule has 0 bridgehead atoms. The number of aromatic nitrogens is 2. The number of allylic oxidation sites excluding steroid dienone is 5. The van der Waals surface area contributed by atoms with E-state index in [1.54, 1.807) is 12.1 Å². The van der Waals surface area contributed by atoms with Crippen LogP contribution in [0.15, 0.2) is 77.9 Å². The summed E-state index contributed by atoms with van der Waals surface area (Å²) in [5, 5.41) is 24.0. The molecule has 0 fully saturated rings. The van der Waals surface area contributed by atoms with Gasteiger partial charge in [-0.05, 0) is 40.7 Å². The number of hydrogen-bond donors (Lipinski definition) is 0. The van der Waals surface area contributed by atoms with E-state index in [0.29, 0.717) is 22.3 Å². The molecule has 5 heteroatoms. The molecule has 0 aliphatic heterocycles. The van der Waals surface area contributed by atoms with Gasteiger partial charge in [-0.15, -0.1) is 0 Å². The van der Waals surface area contributed by atoms with Crippen molar-refractivity contribution in [2.45, 2.75) is 41.5 Å². The van der Waals surface area contributed by atoms with Crippen molar-refractivity contribution in [3.8, 4) is 0 Å². The summed E-state index contributed by atoms with van der Waals surface area (Å²) < 4.78 is 1.47. The first-order valence-electron chi connectivity index (χ1n) is 9.99. The Morgan fingerprint density at radius 3 is 1.50 bits per heavy atom. The van der Waals surface area contributed by atoms with Gasteiger partial charge in [0.25, 0.3) is 0 Å². The summed E-state index contributed by atoms with van der Waals surface area (Å²) >= 11 is 0. The molecule has 2 heterocycles. The lowest BCUT2D eigenvalue weighted by atomic mass is 9.71. The Hall–Kier alpha value is -3.21. The Kier molecular flexibility index (Phi) is 5.42. The third-order valence-electron chi connectivity index (χ3n) is 5.12. The molecule has 0 N–H and O–H groups in total. The number of carbonyl (C=O) groups is 1. The highest BCUT2D eigenvalue weighted by atomic mass is 16.5. The maximum Gasteiger partial charge on any atom is 0.188 e.